The molecule has 3 aromatic carbocycles. The summed E-state index contributed by atoms with van der Waals surface area (Å²) in [5.74, 6) is -0.103. The number of carbonyl (C=O) groups excluding carboxylic acids is 1. The van der Waals surface area contributed by atoms with Crippen molar-refractivity contribution < 1.29 is 9.90 Å². The number of fused-ring (bicyclic) bond motifs is 1. The molecule has 42 heavy (non-hydrogen) atoms. The van der Waals surface area contributed by atoms with Crippen molar-refractivity contribution in [1.29, 1.82) is 0 Å². The maximum Gasteiger partial charge on any atom is 0.277 e. The van der Waals surface area contributed by atoms with Gasteiger partial charge in [-0.1, -0.05) is 53.5 Å². The third-order valence-electron chi connectivity index (χ3n) is 7.07. The number of anilines is 1. The first-order chi connectivity index (χ1) is 20.2. The lowest BCUT2D eigenvalue weighted by Gasteiger charge is -2.30. The first kappa shape index (κ1) is 27.5. The topological polar surface area (TPSA) is 106 Å². The van der Waals surface area contributed by atoms with Crippen LogP contribution in [0.2, 0.25) is 10.0 Å². The molecular formula is C32H24Cl2N6O2. The summed E-state index contributed by atoms with van der Waals surface area (Å²) in [7, 11) is 1.83. The van der Waals surface area contributed by atoms with Gasteiger partial charge in [-0.3, -0.25) is 9.78 Å². The third-order valence-corrected chi connectivity index (χ3v) is 7.55. The van der Waals surface area contributed by atoms with E-state index in [1.807, 2.05) is 43.4 Å². The molecule has 0 radical (unpaired) electrons. The van der Waals surface area contributed by atoms with Gasteiger partial charge in [-0.2, -0.15) is 0 Å². The van der Waals surface area contributed by atoms with E-state index in [0.717, 1.165) is 16.5 Å². The summed E-state index contributed by atoms with van der Waals surface area (Å²) in [6.45, 7) is 1.80. The fourth-order valence-electron chi connectivity index (χ4n) is 4.96. The summed E-state index contributed by atoms with van der Waals surface area (Å²) in [5.41, 5.74) is 3.28. The lowest BCUT2D eigenvalue weighted by Crippen LogP contribution is -2.31. The van der Waals surface area contributed by atoms with Crippen molar-refractivity contribution in [1.82, 2.24) is 24.5 Å². The average molecular weight is 595 g/mol. The predicted molar refractivity (Wildman–Crippen MR) is 164 cm³/mol. The summed E-state index contributed by atoms with van der Waals surface area (Å²) in [6, 6.07) is 21.8. The molecule has 0 aliphatic heterocycles. The summed E-state index contributed by atoms with van der Waals surface area (Å²) in [4.78, 5) is 30.3. The fourth-order valence-corrected chi connectivity index (χ4v) is 5.28. The van der Waals surface area contributed by atoms with Crippen LogP contribution < -0.4 is 5.32 Å². The molecule has 0 spiro atoms. The van der Waals surface area contributed by atoms with E-state index >= 15 is 0 Å². The highest BCUT2D eigenvalue weighted by molar-refractivity contribution is 6.31. The van der Waals surface area contributed by atoms with Gasteiger partial charge in [0.1, 0.15) is 11.5 Å². The van der Waals surface area contributed by atoms with E-state index in [4.69, 9.17) is 28.2 Å². The van der Waals surface area contributed by atoms with E-state index in [-0.39, 0.29) is 5.69 Å². The standard InChI is InChI=1S/C32H24Cl2N6O2/c1-19-15-37-28(16-36-19)31(41)39-30-14-25(20-4-3-5-24(34)12-20)26-13-22(8-11-27(26)38-30)32(42,29-17-35-18-40(29)2)21-6-9-23(33)10-7-21/h3-18,42H,1-2H3,(H,38,39,41). The zero-order valence-electron chi connectivity index (χ0n) is 22.6. The minimum atomic E-state index is -1.56. The number of pyridine rings is 1. The number of amides is 1. The summed E-state index contributed by atoms with van der Waals surface area (Å²) >= 11 is 12.6. The molecule has 3 aromatic heterocycles. The van der Waals surface area contributed by atoms with Gasteiger partial charge in [0.25, 0.3) is 5.91 Å². The molecule has 6 rings (SSSR count). The molecule has 6 aromatic rings. The number of aliphatic hydroxyl groups is 1. The fraction of sp³-hybridized carbons (Fsp3) is 0.0938. The van der Waals surface area contributed by atoms with Crippen LogP contribution in [0, 0.1) is 6.92 Å². The van der Waals surface area contributed by atoms with Crippen LogP contribution in [-0.4, -0.2) is 35.5 Å². The van der Waals surface area contributed by atoms with Crippen LogP contribution in [0.1, 0.15) is 33.0 Å². The maximum atomic E-state index is 13.0. The minimum Gasteiger partial charge on any atom is -0.374 e. The third kappa shape index (κ3) is 5.12. The molecule has 1 atom stereocenters. The molecule has 0 bridgehead atoms. The van der Waals surface area contributed by atoms with Gasteiger partial charge in [-0.25, -0.2) is 15.0 Å². The Labute approximate surface area is 251 Å². The number of aryl methyl sites for hydroxylation is 2. The van der Waals surface area contributed by atoms with Gasteiger partial charge < -0.3 is 15.0 Å². The second-order valence-electron chi connectivity index (χ2n) is 9.90. The van der Waals surface area contributed by atoms with Crippen LogP contribution in [0.4, 0.5) is 5.82 Å². The van der Waals surface area contributed by atoms with Gasteiger partial charge >= 0.3 is 0 Å². The summed E-state index contributed by atoms with van der Waals surface area (Å²) in [6.07, 6.45) is 6.24. The normalized spacial score (nSPS) is 12.7. The van der Waals surface area contributed by atoms with Crippen molar-refractivity contribution >= 4 is 45.8 Å². The molecule has 0 aliphatic carbocycles. The Bertz CT molecular complexity index is 1940. The van der Waals surface area contributed by atoms with Gasteiger partial charge in [-0.15, -0.1) is 0 Å². The molecular weight excluding hydrogens is 571 g/mol. The zero-order chi connectivity index (χ0) is 29.4. The minimum absolute atomic E-state index is 0.173. The maximum absolute atomic E-state index is 13.0. The van der Waals surface area contributed by atoms with E-state index in [0.29, 0.717) is 43.9 Å². The molecule has 8 nitrogen and oxygen atoms in total. The molecule has 0 aliphatic rings. The molecule has 0 saturated heterocycles. The van der Waals surface area contributed by atoms with E-state index < -0.39 is 11.5 Å². The van der Waals surface area contributed by atoms with Crippen LogP contribution in [0.25, 0.3) is 22.0 Å². The monoisotopic (exact) mass is 594 g/mol. The number of rotatable bonds is 6. The number of hydrogen-bond acceptors (Lipinski definition) is 6. The van der Waals surface area contributed by atoms with Crippen LogP contribution >= 0.6 is 23.2 Å². The van der Waals surface area contributed by atoms with Crippen molar-refractivity contribution in [2.24, 2.45) is 7.05 Å². The number of hydrogen-bond donors (Lipinski definition) is 2. The predicted octanol–water partition coefficient (Wildman–Crippen LogP) is 6.58. The van der Waals surface area contributed by atoms with E-state index in [9.17, 15) is 9.90 Å². The summed E-state index contributed by atoms with van der Waals surface area (Å²) in [5, 5.41) is 17.2. The molecule has 10 heteroatoms. The van der Waals surface area contributed by atoms with Crippen LogP contribution in [0.3, 0.4) is 0 Å². The van der Waals surface area contributed by atoms with Crippen molar-refractivity contribution in [2.75, 3.05) is 5.32 Å². The van der Waals surface area contributed by atoms with Crippen LogP contribution in [0.5, 0.6) is 0 Å². The highest BCUT2D eigenvalue weighted by atomic mass is 35.5. The van der Waals surface area contributed by atoms with Crippen LogP contribution in [0.15, 0.2) is 97.7 Å². The molecule has 208 valence electrons. The Kier molecular flexibility index (Phi) is 7.20. The second-order valence-corrected chi connectivity index (χ2v) is 10.8. The zero-order valence-corrected chi connectivity index (χ0v) is 24.1. The van der Waals surface area contributed by atoms with Crippen LogP contribution in [-0.2, 0) is 12.6 Å². The molecule has 0 fully saturated rings. The highest BCUT2D eigenvalue weighted by Crippen LogP contribution is 2.40. The average Bonchev–Trinajstić information content (AvgIpc) is 3.43. The van der Waals surface area contributed by atoms with E-state index in [2.05, 4.69) is 20.3 Å². The lowest BCUT2D eigenvalue weighted by molar-refractivity contribution is 0.102. The number of carbonyl (C=O) groups is 1. The number of halogens is 2. The second kappa shape index (κ2) is 11.0. The molecule has 3 heterocycles. The highest BCUT2D eigenvalue weighted by Gasteiger charge is 2.37. The lowest BCUT2D eigenvalue weighted by atomic mass is 9.82. The van der Waals surface area contributed by atoms with Gasteiger partial charge in [-0.05, 0) is 71.6 Å². The van der Waals surface area contributed by atoms with Gasteiger partial charge in [0.05, 0.1) is 35.6 Å². The quantitative estimate of drug-likeness (QED) is 0.226. The van der Waals surface area contributed by atoms with E-state index in [1.165, 1.54) is 12.4 Å². The molecule has 1 unspecified atom stereocenters. The number of benzene rings is 3. The number of nitrogens with zero attached hydrogens (tertiary/aromatic N) is 5. The smallest absolute Gasteiger partial charge is 0.277 e. The van der Waals surface area contributed by atoms with E-state index in [1.54, 1.807) is 60.4 Å². The van der Waals surface area contributed by atoms with Gasteiger partial charge in [0, 0.05) is 28.7 Å². The molecule has 1 amide bonds. The molecule has 0 saturated carbocycles. The summed E-state index contributed by atoms with van der Waals surface area (Å²) < 4.78 is 1.78. The first-order valence-electron chi connectivity index (χ1n) is 13.0. The van der Waals surface area contributed by atoms with Gasteiger partial charge in [0.2, 0.25) is 0 Å². The van der Waals surface area contributed by atoms with Crippen molar-refractivity contribution in [2.45, 2.75) is 12.5 Å². The van der Waals surface area contributed by atoms with Crippen molar-refractivity contribution in [3.8, 4) is 11.1 Å². The SMILES string of the molecule is Cc1cnc(C(=O)Nc2cc(-c3cccc(Cl)c3)c3cc(C(O)(c4ccc(Cl)cc4)c4cncn4C)ccc3n2)cn1. The number of imidazole rings is 1. The number of nitrogens with one attached hydrogen (secondary N) is 1. The van der Waals surface area contributed by atoms with Gasteiger partial charge in [0.15, 0.2) is 5.60 Å². The van der Waals surface area contributed by atoms with Crippen molar-refractivity contribution in [3.63, 3.8) is 0 Å². The Hall–Kier alpha value is -4.63. The Morgan fingerprint density at radius 1 is 0.905 bits per heavy atom. The first-order valence-corrected chi connectivity index (χ1v) is 13.7. The Morgan fingerprint density at radius 2 is 1.69 bits per heavy atom. The number of aromatic nitrogens is 5. The van der Waals surface area contributed by atoms with Crippen molar-refractivity contribution in [3.05, 3.63) is 136 Å². The largest absolute Gasteiger partial charge is 0.374 e. The molecule has 2 N–H and O–H groups in total. The Balaban J connectivity index is 1.54. The Morgan fingerprint density at radius 3 is 2.38 bits per heavy atom.